The predicted molar refractivity (Wildman–Crippen MR) is 161 cm³/mol. The van der Waals surface area contributed by atoms with Crippen LogP contribution in [-0.2, 0) is 22.7 Å². The number of nitriles is 1. The highest BCUT2D eigenvalue weighted by atomic mass is 19.1. The highest BCUT2D eigenvalue weighted by Crippen LogP contribution is 2.35. The van der Waals surface area contributed by atoms with Gasteiger partial charge in [0.2, 0.25) is 11.8 Å². The van der Waals surface area contributed by atoms with Crippen LogP contribution in [0.25, 0.3) is 0 Å². The van der Waals surface area contributed by atoms with E-state index >= 15 is 0 Å². The third kappa shape index (κ3) is 5.75. The summed E-state index contributed by atoms with van der Waals surface area (Å²) in [6.45, 7) is 2.06. The number of imide groups is 1. The molecule has 0 radical (unpaired) electrons. The van der Waals surface area contributed by atoms with Gasteiger partial charge < -0.3 is 19.9 Å². The van der Waals surface area contributed by atoms with Crippen molar-refractivity contribution in [1.82, 2.24) is 15.5 Å². The molecule has 10 heteroatoms. The first-order valence-electron chi connectivity index (χ1n) is 15.0. The molecule has 0 saturated carbocycles. The number of nitrogens with one attached hydrogen (secondary N) is 2. The summed E-state index contributed by atoms with van der Waals surface area (Å²) in [5.74, 6) is -0.340. The molecule has 226 valence electrons. The molecule has 0 spiro atoms. The summed E-state index contributed by atoms with van der Waals surface area (Å²) in [5, 5.41) is 14.8. The van der Waals surface area contributed by atoms with E-state index < -0.39 is 11.9 Å². The second-order valence-corrected chi connectivity index (χ2v) is 11.6. The minimum atomic E-state index is -0.669. The maximum Gasteiger partial charge on any atom is 0.255 e. The standard InChI is InChI=1S/C34H34FN5O4/c1-37-32(24-13-15-39(16-14-24)28-10-7-22(18-36)17-27(28)35)23-8-5-21(6-9-23)20-44-30-4-2-3-25-26(30)19-40(34(25)43)29-11-12-31(41)38-33(29)42/h2-10,17,24,29,32,37H,11-16,19-20H2,1H3,(H,38,41,42)/t29-,32?/m0/s1. The molecule has 3 amide bonds. The third-order valence-electron chi connectivity index (χ3n) is 9.01. The van der Waals surface area contributed by atoms with Crippen LogP contribution in [-0.4, -0.2) is 48.8 Å². The SMILES string of the molecule is CNC(c1ccc(COc2cccc3c2CN([C@H]2CCC(=O)NC2=O)C3=O)cc1)C1CCN(c2ccc(C#N)cc2F)CC1. The van der Waals surface area contributed by atoms with E-state index in [1.807, 2.05) is 31.3 Å². The molecule has 3 heterocycles. The zero-order chi connectivity index (χ0) is 30.8. The molecule has 2 N–H and O–H groups in total. The van der Waals surface area contributed by atoms with Gasteiger partial charge in [-0.05, 0) is 73.7 Å². The number of anilines is 1. The van der Waals surface area contributed by atoms with Gasteiger partial charge in [0.25, 0.3) is 5.91 Å². The van der Waals surface area contributed by atoms with E-state index in [0.717, 1.165) is 37.1 Å². The number of carbonyl (C=O) groups excluding carboxylic acids is 3. The van der Waals surface area contributed by atoms with Crippen LogP contribution in [0.2, 0.25) is 0 Å². The van der Waals surface area contributed by atoms with Gasteiger partial charge in [-0.3, -0.25) is 19.7 Å². The van der Waals surface area contributed by atoms with Crippen molar-refractivity contribution < 1.29 is 23.5 Å². The molecule has 0 bridgehead atoms. The van der Waals surface area contributed by atoms with Gasteiger partial charge in [-0.25, -0.2) is 4.39 Å². The van der Waals surface area contributed by atoms with Gasteiger partial charge in [0, 0.05) is 36.7 Å². The molecular weight excluding hydrogens is 561 g/mol. The van der Waals surface area contributed by atoms with Crippen LogP contribution in [0.1, 0.15) is 64.3 Å². The van der Waals surface area contributed by atoms with Crippen LogP contribution in [0.4, 0.5) is 10.1 Å². The van der Waals surface area contributed by atoms with Gasteiger partial charge in [-0.15, -0.1) is 0 Å². The molecule has 2 atom stereocenters. The smallest absolute Gasteiger partial charge is 0.255 e. The second-order valence-electron chi connectivity index (χ2n) is 11.6. The number of halogens is 1. The van der Waals surface area contributed by atoms with E-state index in [0.29, 0.717) is 41.5 Å². The maximum absolute atomic E-state index is 14.6. The van der Waals surface area contributed by atoms with E-state index in [-0.39, 0.29) is 36.6 Å². The van der Waals surface area contributed by atoms with Crippen LogP contribution in [0, 0.1) is 23.1 Å². The van der Waals surface area contributed by atoms with Crippen LogP contribution in [0.3, 0.4) is 0 Å². The van der Waals surface area contributed by atoms with Gasteiger partial charge in [0.05, 0.1) is 23.9 Å². The summed E-state index contributed by atoms with van der Waals surface area (Å²) in [6.07, 6.45) is 2.34. The van der Waals surface area contributed by atoms with Gasteiger partial charge in [-0.2, -0.15) is 5.26 Å². The zero-order valence-electron chi connectivity index (χ0n) is 24.5. The van der Waals surface area contributed by atoms with Crippen molar-refractivity contribution in [2.45, 2.75) is 50.9 Å². The van der Waals surface area contributed by atoms with Gasteiger partial charge in [-0.1, -0.05) is 30.3 Å². The van der Waals surface area contributed by atoms with Crippen molar-refractivity contribution in [2.24, 2.45) is 5.92 Å². The van der Waals surface area contributed by atoms with Crippen LogP contribution in [0.15, 0.2) is 60.7 Å². The molecule has 2 fully saturated rings. The molecule has 3 aliphatic heterocycles. The third-order valence-corrected chi connectivity index (χ3v) is 9.01. The molecule has 0 aliphatic carbocycles. The fraction of sp³-hybridized carbons (Fsp3) is 0.353. The number of rotatable bonds is 8. The summed E-state index contributed by atoms with van der Waals surface area (Å²) < 4.78 is 20.7. The van der Waals surface area contributed by atoms with E-state index in [2.05, 4.69) is 27.7 Å². The average molecular weight is 596 g/mol. The normalized spacial score (nSPS) is 19.4. The first kappa shape index (κ1) is 29.3. The number of ether oxygens (including phenoxy) is 1. The molecule has 3 aromatic rings. The molecule has 0 aromatic heterocycles. The molecule has 9 nitrogen and oxygen atoms in total. The minimum Gasteiger partial charge on any atom is -0.489 e. The van der Waals surface area contributed by atoms with E-state index in [1.165, 1.54) is 16.5 Å². The topological polar surface area (TPSA) is 115 Å². The molecule has 44 heavy (non-hydrogen) atoms. The van der Waals surface area contributed by atoms with Crippen LogP contribution < -0.4 is 20.3 Å². The number of fused-ring (bicyclic) bond motifs is 1. The highest BCUT2D eigenvalue weighted by Gasteiger charge is 2.40. The Hall–Kier alpha value is -4.75. The largest absolute Gasteiger partial charge is 0.489 e. The van der Waals surface area contributed by atoms with Crippen molar-refractivity contribution in [2.75, 3.05) is 25.0 Å². The minimum absolute atomic E-state index is 0.152. The maximum atomic E-state index is 14.6. The van der Waals surface area contributed by atoms with Crippen LogP contribution in [0.5, 0.6) is 5.75 Å². The fourth-order valence-corrected chi connectivity index (χ4v) is 6.66. The lowest BCUT2D eigenvalue weighted by Crippen LogP contribution is -2.52. The number of hydrogen-bond acceptors (Lipinski definition) is 7. The van der Waals surface area contributed by atoms with E-state index in [1.54, 1.807) is 24.3 Å². The Labute approximate surface area is 255 Å². The molecule has 2 saturated heterocycles. The molecule has 6 rings (SSSR count). The van der Waals surface area contributed by atoms with Crippen LogP contribution >= 0.6 is 0 Å². The number of piperidine rings is 2. The Bertz CT molecular complexity index is 1630. The number of nitrogens with zero attached hydrogens (tertiary/aromatic N) is 3. The van der Waals surface area contributed by atoms with Crippen molar-refractivity contribution >= 4 is 23.4 Å². The van der Waals surface area contributed by atoms with Crippen molar-refractivity contribution in [3.63, 3.8) is 0 Å². The van der Waals surface area contributed by atoms with Crippen molar-refractivity contribution in [1.29, 1.82) is 5.26 Å². The monoisotopic (exact) mass is 595 g/mol. The van der Waals surface area contributed by atoms with Crippen molar-refractivity contribution in [3.05, 3.63) is 94.3 Å². The Morgan fingerprint density at radius 1 is 1.07 bits per heavy atom. The summed E-state index contributed by atoms with van der Waals surface area (Å²) in [6, 6.07) is 19.8. The summed E-state index contributed by atoms with van der Waals surface area (Å²) >= 11 is 0. The quantitative estimate of drug-likeness (QED) is 0.375. The van der Waals surface area contributed by atoms with E-state index in [4.69, 9.17) is 10.00 Å². The number of benzene rings is 3. The summed E-state index contributed by atoms with van der Waals surface area (Å²) in [4.78, 5) is 40.7. The lowest BCUT2D eigenvalue weighted by Gasteiger charge is -2.37. The Morgan fingerprint density at radius 3 is 2.52 bits per heavy atom. The Morgan fingerprint density at radius 2 is 1.84 bits per heavy atom. The summed E-state index contributed by atoms with van der Waals surface area (Å²) in [7, 11) is 1.96. The second kappa shape index (κ2) is 12.5. The highest BCUT2D eigenvalue weighted by molar-refractivity contribution is 6.05. The predicted octanol–water partition coefficient (Wildman–Crippen LogP) is 4.21. The number of carbonyl (C=O) groups is 3. The molecule has 3 aliphatic rings. The van der Waals surface area contributed by atoms with Crippen molar-refractivity contribution in [3.8, 4) is 11.8 Å². The van der Waals surface area contributed by atoms with Gasteiger partial charge in [0.1, 0.15) is 24.2 Å². The number of hydrogen-bond donors (Lipinski definition) is 2. The lowest BCUT2D eigenvalue weighted by atomic mass is 9.85. The van der Waals surface area contributed by atoms with E-state index in [9.17, 15) is 18.8 Å². The molecule has 3 aromatic carbocycles. The Kier molecular flexibility index (Phi) is 8.31. The fourth-order valence-electron chi connectivity index (χ4n) is 6.66. The summed E-state index contributed by atoms with van der Waals surface area (Å²) in [5.41, 5.74) is 4.30. The van der Waals surface area contributed by atoms with Gasteiger partial charge in [0.15, 0.2) is 0 Å². The zero-order valence-corrected chi connectivity index (χ0v) is 24.5. The average Bonchev–Trinajstić information content (AvgIpc) is 3.37. The Balaban J connectivity index is 1.07. The molecular formula is C34H34FN5O4. The first-order chi connectivity index (χ1) is 21.4. The first-order valence-corrected chi connectivity index (χ1v) is 15.0. The number of amides is 3. The molecule has 1 unspecified atom stereocenters. The lowest BCUT2D eigenvalue weighted by molar-refractivity contribution is -0.136. The van der Waals surface area contributed by atoms with Gasteiger partial charge >= 0.3 is 0 Å².